The van der Waals surface area contributed by atoms with Gasteiger partial charge in [0.2, 0.25) is 0 Å². The summed E-state index contributed by atoms with van der Waals surface area (Å²) in [5.74, 6) is -0.429. The van der Waals surface area contributed by atoms with Crippen molar-refractivity contribution in [3.05, 3.63) is 46.2 Å². The highest BCUT2D eigenvalue weighted by atomic mass is 35.5. The molecule has 1 atom stereocenters. The van der Waals surface area contributed by atoms with Gasteiger partial charge in [-0.25, -0.2) is 9.97 Å². The fourth-order valence-corrected chi connectivity index (χ4v) is 2.45. The van der Waals surface area contributed by atoms with Gasteiger partial charge in [0.05, 0.1) is 0 Å². The zero-order valence-electron chi connectivity index (χ0n) is 13.4. The van der Waals surface area contributed by atoms with E-state index in [2.05, 4.69) is 21.4 Å². The summed E-state index contributed by atoms with van der Waals surface area (Å²) in [6.07, 6.45) is 0.771. The number of benzene rings is 1. The number of carbonyl (C=O) groups is 1. The van der Waals surface area contributed by atoms with Gasteiger partial charge in [0.15, 0.2) is 22.5 Å². The predicted molar refractivity (Wildman–Crippen MR) is 95.6 cm³/mol. The van der Waals surface area contributed by atoms with Crippen LogP contribution in [0.15, 0.2) is 24.3 Å². The number of hydrogen-bond donors (Lipinski definition) is 4. The molecule has 0 aliphatic carbocycles. The number of aryl methyl sites for hydroxylation is 1. The average Bonchev–Trinajstić information content (AvgIpc) is 2.56. The first-order chi connectivity index (χ1) is 11.4. The van der Waals surface area contributed by atoms with Crippen LogP contribution in [0, 0.1) is 12.8 Å². The third-order valence-corrected chi connectivity index (χ3v) is 4.05. The molecule has 1 amide bonds. The number of anilines is 2. The Hall–Kier alpha value is -2.38. The lowest BCUT2D eigenvalue weighted by Gasteiger charge is -2.17. The third-order valence-electron chi connectivity index (χ3n) is 3.77. The number of rotatable bonds is 6. The van der Waals surface area contributed by atoms with E-state index >= 15 is 0 Å². The fraction of sp³-hybridized carbons (Fsp3) is 0.312. The molecular formula is C16H21ClN6O. The van der Waals surface area contributed by atoms with E-state index < -0.39 is 5.91 Å². The molecule has 7 nitrogen and oxygen atoms in total. The number of halogens is 1. The molecule has 0 aliphatic rings. The van der Waals surface area contributed by atoms with Crippen molar-refractivity contribution < 1.29 is 4.79 Å². The van der Waals surface area contributed by atoms with Crippen LogP contribution in [0.5, 0.6) is 0 Å². The summed E-state index contributed by atoms with van der Waals surface area (Å²) < 4.78 is 0. The highest BCUT2D eigenvalue weighted by Gasteiger charge is 2.17. The molecule has 0 saturated carbocycles. The van der Waals surface area contributed by atoms with Gasteiger partial charge in [-0.3, -0.25) is 4.79 Å². The summed E-state index contributed by atoms with van der Waals surface area (Å²) in [5.41, 5.74) is 19.4. The quantitative estimate of drug-likeness (QED) is 0.619. The van der Waals surface area contributed by atoms with Gasteiger partial charge in [-0.05, 0) is 36.9 Å². The Labute approximate surface area is 145 Å². The second-order valence-corrected chi connectivity index (χ2v) is 5.93. The van der Waals surface area contributed by atoms with Crippen molar-refractivity contribution in [1.29, 1.82) is 0 Å². The van der Waals surface area contributed by atoms with Gasteiger partial charge < -0.3 is 22.5 Å². The lowest BCUT2D eigenvalue weighted by atomic mass is 9.96. The van der Waals surface area contributed by atoms with Gasteiger partial charge in [0, 0.05) is 6.54 Å². The summed E-state index contributed by atoms with van der Waals surface area (Å²) in [5, 5.41) is 2.73. The van der Waals surface area contributed by atoms with Crippen molar-refractivity contribution in [3.63, 3.8) is 0 Å². The number of nitrogens with one attached hydrogen (secondary N) is 1. The van der Waals surface area contributed by atoms with E-state index in [-0.39, 0.29) is 28.4 Å². The maximum Gasteiger partial charge on any atom is 0.273 e. The molecule has 0 fully saturated rings. The van der Waals surface area contributed by atoms with E-state index in [9.17, 15) is 4.79 Å². The van der Waals surface area contributed by atoms with E-state index in [1.807, 2.05) is 25.1 Å². The minimum Gasteiger partial charge on any atom is -0.382 e. The standard InChI is InChI=1S/C16H21ClN6O/c1-9-4-2-3-5-11(9)6-10(7-18)8-21-16(24)12-14(19)23-15(20)13(17)22-12/h2-5,10H,6-8,18H2,1H3,(H,21,24)(H4,19,20,23). The van der Waals surface area contributed by atoms with E-state index in [0.29, 0.717) is 13.1 Å². The van der Waals surface area contributed by atoms with E-state index in [0.717, 1.165) is 6.42 Å². The van der Waals surface area contributed by atoms with E-state index in [1.54, 1.807) is 0 Å². The van der Waals surface area contributed by atoms with E-state index in [4.69, 9.17) is 28.8 Å². The summed E-state index contributed by atoms with van der Waals surface area (Å²) in [7, 11) is 0. The maximum atomic E-state index is 12.2. The normalized spacial score (nSPS) is 12.0. The van der Waals surface area contributed by atoms with Crippen molar-refractivity contribution in [2.24, 2.45) is 11.7 Å². The van der Waals surface area contributed by atoms with Gasteiger partial charge in [-0.2, -0.15) is 0 Å². The lowest BCUT2D eigenvalue weighted by molar-refractivity contribution is 0.0943. The molecule has 0 saturated heterocycles. The van der Waals surface area contributed by atoms with Gasteiger partial charge >= 0.3 is 0 Å². The zero-order valence-corrected chi connectivity index (χ0v) is 14.2. The van der Waals surface area contributed by atoms with Crippen LogP contribution in [-0.2, 0) is 6.42 Å². The zero-order chi connectivity index (χ0) is 17.7. The van der Waals surface area contributed by atoms with Gasteiger partial charge in [-0.15, -0.1) is 0 Å². The number of nitrogen functional groups attached to an aromatic ring is 2. The van der Waals surface area contributed by atoms with Crippen LogP contribution in [-0.4, -0.2) is 29.0 Å². The Bertz CT molecular complexity index is 737. The monoisotopic (exact) mass is 348 g/mol. The van der Waals surface area contributed by atoms with Crippen LogP contribution >= 0.6 is 11.6 Å². The highest BCUT2D eigenvalue weighted by Crippen LogP contribution is 2.17. The molecule has 1 unspecified atom stereocenters. The largest absolute Gasteiger partial charge is 0.382 e. The van der Waals surface area contributed by atoms with Crippen LogP contribution in [0.4, 0.5) is 11.6 Å². The van der Waals surface area contributed by atoms with Crippen molar-refractivity contribution in [2.45, 2.75) is 13.3 Å². The van der Waals surface area contributed by atoms with Crippen LogP contribution in [0.25, 0.3) is 0 Å². The molecule has 0 bridgehead atoms. The Kier molecular flexibility index (Phi) is 5.94. The maximum absolute atomic E-state index is 12.2. The van der Waals surface area contributed by atoms with Gasteiger partial charge in [0.25, 0.3) is 5.91 Å². The van der Waals surface area contributed by atoms with Crippen molar-refractivity contribution in [1.82, 2.24) is 15.3 Å². The van der Waals surface area contributed by atoms with Crippen molar-refractivity contribution in [3.8, 4) is 0 Å². The first-order valence-electron chi connectivity index (χ1n) is 7.53. The average molecular weight is 349 g/mol. The SMILES string of the molecule is Cc1ccccc1CC(CN)CNC(=O)c1nc(Cl)c(N)nc1N. The molecule has 1 heterocycles. The molecular weight excluding hydrogens is 328 g/mol. The molecule has 7 N–H and O–H groups in total. The molecule has 2 aromatic rings. The number of carbonyl (C=O) groups excluding carboxylic acids is 1. The number of amides is 1. The minimum atomic E-state index is -0.454. The summed E-state index contributed by atoms with van der Waals surface area (Å²) in [4.78, 5) is 19.9. The van der Waals surface area contributed by atoms with Crippen LogP contribution in [0.3, 0.4) is 0 Å². The molecule has 1 aromatic carbocycles. The molecule has 0 radical (unpaired) electrons. The van der Waals surface area contributed by atoms with Gasteiger partial charge in [0.1, 0.15) is 0 Å². The van der Waals surface area contributed by atoms with Crippen LogP contribution in [0.1, 0.15) is 21.6 Å². The summed E-state index contributed by atoms with van der Waals surface area (Å²) in [6.45, 7) is 2.89. The molecule has 1 aromatic heterocycles. The van der Waals surface area contributed by atoms with Gasteiger partial charge in [-0.1, -0.05) is 35.9 Å². The second-order valence-electron chi connectivity index (χ2n) is 5.58. The molecule has 0 spiro atoms. The number of aromatic nitrogens is 2. The number of nitrogens with zero attached hydrogens (tertiary/aromatic N) is 2. The van der Waals surface area contributed by atoms with Crippen LogP contribution < -0.4 is 22.5 Å². The lowest BCUT2D eigenvalue weighted by Crippen LogP contribution is -2.35. The molecule has 8 heteroatoms. The van der Waals surface area contributed by atoms with Crippen LogP contribution in [0.2, 0.25) is 5.15 Å². The highest BCUT2D eigenvalue weighted by molar-refractivity contribution is 6.31. The smallest absolute Gasteiger partial charge is 0.273 e. The number of hydrogen-bond acceptors (Lipinski definition) is 6. The molecule has 0 aliphatic heterocycles. The summed E-state index contributed by atoms with van der Waals surface area (Å²) >= 11 is 5.79. The Morgan fingerprint density at radius 1 is 1.25 bits per heavy atom. The fourth-order valence-electron chi connectivity index (χ4n) is 2.32. The van der Waals surface area contributed by atoms with Crippen molar-refractivity contribution >= 4 is 29.1 Å². The topological polar surface area (TPSA) is 133 Å². The third kappa shape index (κ3) is 4.33. The second kappa shape index (κ2) is 7.94. The predicted octanol–water partition coefficient (Wildman–Crippen LogP) is 1.15. The number of nitrogens with two attached hydrogens (primary N) is 3. The minimum absolute atomic E-state index is 0.00916. The molecule has 24 heavy (non-hydrogen) atoms. The summed E-state index contributed by atoms with van der Waals surface area (Å²) in [6, 6.07) is 8.09. The molecule has 128 valence electrons. The van der Waals surface area contributed by atoms with Crippen molar-refractivity contribution in [2.75, 3.05) is 24.6 Å². The first-order valence-corrected chi connectivity index (χ1v) is 7.91. The molecule has 2 rings (SSSR count). The Morgan fingerprint density at radius 2 is 1.96 bits per heavy atom. The Balaban J connectivity index is 2.02. The Morgan fingerprint density at radius 3 is 2.62 bits per heavy atom. The van der Waals surface area contributed by atoms with E-state index in [1.165, 1.54) is 11.1 Å². The first kappa shape index (κ1) is 18.0.